The Balaban J connectivity index is 2.99. The van der Waals surface area contributed by atoms with Crippen LogP contribution in [-0.4, -0.2) is 39.5 Å². The van der Waals surface area contributed by atoms with Gasteiger partial charge in [0.25, 0.3) is 0 Å². The molecule has 1 aromatic rings. The molecule has 0 aromatic heterocycles. The third kappa shape index (κ3) is 4.14. The van der Waals surface area contributed by atoms with Gasteiger partial charge in [0.15, 0.2) is 0 Å². The number of hydrogen-bond acceptors (Lipinski definition) is 4. The Labute approximate surface area is 114 Å². The summed E-state index contributed by atoms with van der Waals surface area (Å²) in [6.07, 6.45) is 1.56. The van der Waals surface area contributed by atoms with Crippen molar-refractivity contribution in [2.75, 3.05) is 26.8 Å². The maximum absolute atomic E-state index is 12.4. The third-order valence-corrected chi connectivity index (χ3v) is 4.55. The van der Waals surface area contributed by atoms with Crippen molar-refractivity contribution < 1.29 is 13.2 Å². The van der Waals surface area contributed by atoms with E-state index in [0.717, 1.165) is 5.56 Å². The van der Waals surface area contributed by atoms with Crippen molar-refractivity contribution in [3.8, 4) is 0 Å². The molecule has 0 amide bonds. The Morgan fingerprint density at radius 1 is 1.37 bits per heavy atom. The summed E-state index contributed by atoms with van der Waals surface area (Å²) >= 11 is 0. The minimum atomic E-state index is -3.52. The Kier molecular flexibility index (Phi) is 6.17. The van der Waals surface area contributed by atoms with Gasteiger partial charge in [0, 0.05) is 26.7 Å². The highest BCUT2D eigenvalue weighted by atomic mass is 32.2. The van der Waals surface area contributed by atoms with Crippen molar-refractivity contribution in [3.63, 3.8) is 0 Å². The van der Waals surface area contributed by atoms with Crippen LogP contribution in [0, 0.1) is 0 Å². The molecule has 19 heavy (non-hydrogen) atoms. The zero-order valence-corrected chi connectivity index (χ0v) is 11.9. The van der Waals surface area contributed by atoms with Gasteiger partial charge in [-0.05, 0) is 17.7 Å². The molecule has 0 atom stereocenters. The summed E-state index contributed by atoms with van der Waals surface area (Å²) in [6, 6.07) is 6.57. The normalized spacial score (nSPS) is 11.7. The van der Waals surface area contributed by atoms with E-state index in [9.17, 15) is 8.42 Å². The fraction of sp³-hybridized carbons (Fsp3) is 0.385. The highest BCUT2D eigenvalue weighted by Crippen LogP contribution is 2.16. The Bertz CT molecular complexity index is 497. The summed E-state index contributed by atoms with van der Waals surface area (Å²) in [7, 11) is -1.98. The van der Waals surface area contributed by atoms with Crippen molar-refractivity contribution >= 4 is 10.0 Å². The molecule has 0 aliphatic rings. The molecule has 6 heteroatoms. The van der Waals surface area contributed by atoms with Crippen LogP contribution in [-0.2, 0) is 21.3 Å². The minimum absolute atomic E-state index is 0.252. The van der Waals surface area contributed by atoms with Gasteiger partial charge in [0.1, 0.15) is 0 Å². The van der Waals surface area contributed by atoms with Gasteiger partial charge in [-0.1, -0.05) is 18.2 Å². The molecule has 0 radical (unpaired) electrons. The average molecular weight is 284 g/mol. The van der Waals surface area contributed by atoms with E-state index in [0.29, 0.717) is 19.7 Å². The van der Waals surface area contributed by atoms with Gasteiger partial charge in [-0.25, -0.2) is 8.42 Å². The third-order valence-electron chi connectivity index (χ3n) is 2.67. The van der Waals surface area contributed by atoms with Crippen LogP contribution < -0.4 is 5.73 Å². The number of ether oxygens (including phenoxy) is 1. The van der Waals surface area contributed by atoms with Crippen molar-refractivity contribution in [1.29, 1.82) is 0 Å². The summed E-state index contributed by atoms with van der Waals surface area (Å²) in [4.78, 5) is 0.252. The molecule has 0 bridgehead atoms. The summed E-state index contributed by atoms with van der Waals surface area (Å²) in [5.41, 5.74) is 6.39. The molecule has 106 valence electrons. The largest absolute Gasteiger partial charge is 0.383 e. The predicted octanol–water partition coefficient (Wildman–Crippen LogP) is 0.968. The van der Waals surface area contributed by atoms with E-state index >= 15 is 0 Å². The van der Waals surface area contributed by atoms with Crippen LogP contribution in [0.4, 0.5) is 0 Å². The molecule has 0 aliphatic carbocycles. The summed E-state index contributed by atoms with van der Waals surface area (Å²) < 4.78 is 31.1. The molecule has 0 fully saturated rings. The lowest BCUT2D eigenvalue weighted by atomic mass is 10.2. The van der Waals surface area contributed by atoms with Crippen LogP contribution in [0.25, 0.3) is 0 Å². The van der Waals surface area contributed by atoms with Gasteiger partial charge in [0.2, 0.25) is 10.0 Å². The van der Waals surface area contributed by atoms with Gasteiger partial charge in [-0.3, -0.25) is 0 Å². The first-order valence-electron chi connectivity index (χ1n) is 5.95. The zero-order valence-electron chi connectivity index (χ0n) is 11.1. The number of methoxy groups -OCH3 is 1. The van der Waals surface area contributed by atoms with Crippen molar-refractivity contribution in [2.24, 2.45) is 5.73 Å². The highest BCUT2D eigenvalue weighted by Gasteiger charge is 2.22. The van der Waals surface area contributed by atoms with Gasteiger partial charge in [-0.15, -0.1) is 6.58 Å². The van der Waals surface area contributed by atoms with Gasteiger partial charge < -0.3 is 10.5 Å². The Morgan fingerprint density at radius 2 is 2.00 bits per heavy atom. The molecule has 1 aromatic carbocycles. The second-order valence-electron chi connectivity index (χ2n) is 3.99. The van der Waals surface area contributed by atoms with Crippen LogP contribution in [0.5, 0.6) is 0 Å². The van der Waals surface area contributed by atoms with Gasteiger partial charge in [-0.2, -0.15) is 4.31 Å². The molecule has 2 N–H and O–H groups in total. The fourth-order valence-electron chi connectivity index (χ4n) is 1.59. The maximum atomic E-state index is 12.4. The summed E-state index contributed by atoms with van der Waals surface area (Å²) in [5.74, 6) is 0. The molecule has 0 unspecified atom stereocenters. The lowest BCUT2D eigenvalue weighted by Crippen LogP contribution is -2.34. The Hall–Kier alpha value is -1.21. The molecule has 0 aliphatic heterocycles. The monoisotopic (exact) mass is 284 g/mol. The molecule has 1 rings (SSSR count). The molecular weight excluding hydrogens is 264 g/mol. The standard InChI is InChI=1S/C13H20N2O3S/c1-3-8-15(9-10-18-2)19(16,17)13-6-4-12(11-14)5-7-13/h3-7H,1,8-11,14H2,2H3. The van der Waals surface area contributed by atoms with Crippen LogP contribution in [0.2, 0.25) is 0 Å². The minimum Gasteiger partial charge on any atom is -0.383 e. The summed E-state index contributed by atoms with van der Waals surface area (Å²) in [5, 5.41) is 0. The lowest BCUT2D eigenvalue weighted by molar-refractivity contribution is 0.182. The Morgan fingerprint density at radius 3 is 2.47 bits per heavy atom. The molecule has 0 saturated heterocycles. The number of nitrogens with two attached hydrogens (primary N) is 1. The van der Waals surface area contributed by atoms with Crippen molar-refractivity contribution in [2.45, 2.75) is 11.4 Å². The first-order valence-corrected chi connectivity index (χ1v) is 7.39. The fourth-order valence-corrected chi connectivity index (χ4v) is 2.99. The lowest BCUT2D eigenvalue weighted by Gasteiger charge is -2.20. The van der Waals surface area contributed by atoms with E-state index in [1.165, 1.54) is 11.4 Å². The average Bonchev–Trinajstić information content (AvgIpc) is 2.43. The van der Waals surface area contributed by atoms with Crippen molar-refractivity contribution in [1.82, 2.24) is 4.31 Å². The highest BCUT2D eigenvalue weighted by molar-refractivity contribution is 7.89. The van der Waals surface area contributed by atoms with Crippen LogP contribution in [0.1, 0.15) is 5.56 Å². The van der Waals surface area contributed by atoms with Crippen LogP contribution in [0.15, 0.2) is 41.8 Å². The molecule has 0 saturated carbocycles. The molecule has 0 spiro atoms. The first kappa shape index (κ1) is 15.8. The zero-order chi connectivity index (χ0) is 14.3. The van der Waals surface area contributed by atoms with Gasteiger partial charge >= 0.3 is 0 Å². The quantitative estimate of drug-likeness (QED) is 0.722. The number of rotatable bonds is 8. The van der Waals surface area contributed by atoms with E-state index in [-0.39, 0.29) is 11.4 Å². The van der Waals surface area contributed by atoms with E-state index in [2.05, 4.69) is 6.58 Å². The summed E-state index contributed by atoms with van der Waals surface area (Å²) in [6.45, 7) is 4.86. The SMILES string of the molecule is C=CCN(CCOC)S(=O)(=O)c1ccc(CN)cc1. The second kappa shape index (κ2) is 7.40. The van der Waals surface area contributed by atoms with Gasteiger partial charge in [0.05, 0.1) is 11.5 Å². The molecule has 5 nitrogen and oxygen atoms in total. The first-order chi connectivity index (χ1) is 9.06. The number of hydrogen-bond donors (Lipinski definition) is 1. The molecule has 0 heterocycles. The molecular formula is C13H20N2O3S. The topological polar surface area (TPSA) is 72.6 Å². The number of benzene rings is 1. The number of nitrogens with zero attached hydrogens (tertiary/aromatic N) is 1. The maximum Gasteiger partial charge on any atom is 0.243 e. The number of sulfonamides is 1. The van der Waals surface area contributed by atoms with Crippen LogP contribution in [0.3, 0.4) is 0 Å². The predicted molar refractivity (Wildman–Crippen MR) is 75.2 cm³/mol. The van der Waals surface area contributed by atoms with E-state index in [1.54, 1.807) is 30.3 Å². The smallest absolute Gasteiger partial charge is 0.243 e. The van der Waals surface area contributed by atoms with Crippen molar-refractivity contribution in [3.05, 3.63) is 42.5 Å². The van der Waals surface area contributed by atoms with E-state index < -0.39 is 10.0 Å². The van der Waals surface area contributed by atoms with E-state index in [4.69, 9.17) is 10.5 Å². The second-order valence-corrected chi connectivity index (χ2v) is 5.93. The van der Waals surface area contributed by atoms with Crippen LogP contribution >= 0.6 is 0 Å². The van der Waals surface area contributed by atoms with E-state index in [1.807, 2.05) is 0 Å².